The number of hydrogen-bond acceptors (Lipinski definition) is 3. The van der Waals surface area contributed by atoms with Gasteiger partial charge in [0.05, 0.1) is 6.04 Å². The Morgan fingerprint density at radius 3 is 2.93 bits per heavy atom. The Hall–Kier alpha value is -0.610. The molecule has 2 heterocycles. The van der Waals surface area contributed by atoms with Crippen LogP contribution < -0.4 is 10.6 Å². The van der Waals surface area contributed by atoms with Crippen molar-refractivity contribution >= 4 is 5.91 Å². The van der Waals surface area contributed by atoms with Crippen LogP contribution in [0.4, 0.5) is 0 Å². The van der Waals surface area contributed by atoms with Gasteiger partial charge in [0.25, 0.3) is 0 Å². The zero-order valence-electron chi connectivity index (χ0n) is 8.75. The average Bonchev–Trinajstić information content (AvgIpc) is 2.70. The lowest BCUT2D eigenvalue weighted by molar-refractivity contribution is -0.135. The van der Waals surface area contributed by atoms with Crippen LogP contribution >= 0.6 is 0 Å². The third-order valence-corrected chi connectivity index (χ3v) is 3.14. The summed E-state index contributed by atoms with van der Waals surface area (Å²) in [7, 11) is 0. The molecule has 0 aromatic carbocycles. The van der Waals surface area contributed by atoms with Crippen molar-refractivity contribution in [2.24, 2.45) is 0 Å². The molecular weight excluding hydrogens is 178 g/mol. The molecule has 2 fully saturated rings. The topological polar surface area (TPSA) is 44.4 Å². The molecule has 0 saturated carbocycles. The normalized spacial score (nSPS) is 33.4. The van der Waals surface area contributed by atoms with Gasteiger partial charge in [0, 0.05) is 25.7 Å². The molecule has 2 N–H and O–H groups in total. The summed E-state index contributed by atoms with van der Waals surface area (Å²) in [5.41, 5.74) is 0. The van der Waals surface area contributed by atoms with E-state index in [2.05, 4.69) is 17.6 Å². The Kier molecular flexibility index (Phi) is 3.03. The van der Waals surface area contributed by atoms with Crippen molar-refractivity contribution in [3.63, 3.8) is 0 Å². The minimum atomic E-state index is 0.0931. The third kappa shape index (κ3) is 1.91. The van der Waals surface area contributed by atoms with Crippen molar-refractivity contribution in [3.05, 3.63) is 0 Å². The molecule has 4 nitrogen and oxygen atoms in total. The van der Waals surface area contributed by atoms with E-state index in [9.17, 15) is 4.79 Å². The number of nitrogens with zero attached hydrogens (tertiary/aromatic N) is 1. The molecule has 2 aliphatic rings. The number of hydrogen-bond donors (Lipinski definition) is 2. The quantitative estimate of drug-likeness (QED) is 0.599. The molecule has 2 saturated heterocycles. The van der Waals surface area contributed by atoms with Gasteiger partial charge >= 0.3 is 0 Å². The maximum Gasteiger partial charge on any atom is 0.240 e. The van der Waals surface area contributed by atoms with Crippen LogP contribution in [0.25, 0.3) is 0 Å². The molecule has 14 heavy (non-hydrogen) atoms. The Morgan fingerprint density at radius 1 is 1.43 bits per heavy atom. The lowest BCUT2D eigenvalue weighted by atomic mass is 10.1. The predicted octanol–water partition coefficient (Wildman–Crippen LogP) is -0.441. The van der Waals surface area contributed by atoms with Gasteiger partial charge in [-0.25, -0.2) is 0 Å². The maximum absolute atomic E-state index is 12.0. The average molecular weight is 197 g/mol. The fourth-order valence-corrected chi connectivity index (χ4v) is 2.26. The second-order valence-electron chi connectivity index (χ2n) is 4.23. The summed E-state index contributed by atoms with van der Waals surface area (Å²) in [6.45, 7) is 5.83. The molecule has 0 aliphatic carbocycles. The van der Waals surface area contributed by atoms with E-state index in [4.69, 9.17) is 0 Å². The predicted molar refractivity (Wildman–Crippen MR) is 55.1 cm³/mol. The highest BCUT2D eigenvalue weighted by molar-refractivity contribution is 5.82. The summed E-state index contributed by atoms with van der Waals surface area (Å²) in [6, 6.07) is 0.439. The van der Waals surface area contributed by atoms with Crippen LogP contribution in [0.3, 0.4) is 0 Å². The van der Waals surface area contributed by atoms with Gasteiger partial charge in [0.1, 0.15) is 0 Å². The van der Waals surface area contributed by atoms with Crippen molar-refractivity contribution < 1.29 is 4.79 Å². The molecular formula is C10H19N3O. The second-order valence-corrected chi connectivity index (χ2v) is 4.23. The van der Waals surface area contributed by atoms with Crippen molar-refractivity contribution in [1.82, 2.24) is 15.5 Å². The maximum atomic E-state index is 12.0. The van der Waals surface area contributed by atoms with E-state index in [-0.39, 0.29) is 6.04 Å². The van der Waals surface area contributed by atoms with E-state index in [1.165, 1.54) is 0 Å². The molecule has 80 valence electrons. The van der Waals surface area contributed by atoms with Crippen molar-refractivity contribution in [1.29, 1.82) is 0 Å². The fraction of sp³-hybridized carbons (Fsp3) is 0.900. The van der Waals surface area contributed by atoms with Crippen LogP contribution in [-0.4, -0.2) is 49.1 Å². The van der Waals surface area contributed by atoms with E-state index in [1.807, 2.05) is 4.90 Å². The van der Waals surface area contributed by atoms with Gasteiger partial charge in [-0.2, -0.15) is 0 Å². The summed E-state index contributed by atoms with van der Waals surface area (Å²) in [6.07, 6.45) is 2.15. The summed E-state index contributed by atoms with van der Waals surface area (Å²) in [4.78, 5) is 14.1. The minimum Gasteiger partial charge on any atom is -0.336 e. The number of amides is 1. The molecule has 0 spiro atoms. The number of piperazine rings is 1. The SMILES string of the molecule is CC1CNCCN1C(=O)[C@@H]1CCCN1. The van der Waals surface area contributed by atoms with Gasteiger partial charge in [0.2, 0.25) is 5.91 Å². The van der Waals surface area contributed by atoms with Crippen molar-refractivity contribution in [2.75, 3.05) is 26.2 Å². The molecule has 2 atom stereocenters. The van der Waals surface area contributed by atoms with E-state index in [0.29, 0.717) is 11.9 Å². The molecule has 1 unspecified atom stereocenters. The third-order valence-electron chi connectivity index (χ3n) is 3.14. The Labute approximate surface area is 85.0 Å². The number of carbonyl (C=O) groups is 1. The van der Waals surface area contributed by atoms with Gasteiger partial charge in [-0.15, -0.1) is 0 Å². The summed E-state index contributed by atoms with van der Waals surface area (Å²) < 4.78 is 0. The highest BCUT2D eigenvalue weighted by Gasteiger charge is 2.30. The summed E-state index contributed by atoms with van der Waals surface area (Å²) in [5, 5.41) is 6.56. The first-order valence-corrected chi connectivity index (χ1v) is 5.53. The minimum absolute atomic E-state index is 0.0931. The Balaban J connectivity index is 1.94. The Bertz CT molecular complexity index is 213. The van der Waals surface area contributed by atoms with Crippen LogP contribution in [0.15, 0.2) is 0 Å². The standard InChI is InChI=1S/C10H19N3O/c1-8-7-11-5-6-13(8)10(14)9-3-2-4-12-9/h8-9,11-12H,2-7H2,1H3/t8?,9-/m0/s1. The second kappa shape index (κ2) is 4.28. The highest BCUT2D eigenvalue weighted by Crippen LogP contribution is 2.11. The molecule has 2 rings (SSSR count). The smallest absolute Gasteiger partial charge is 0.240 e. The number of carbonyl (C=O) groups excluding carboxylic acids is 1. The number of nitrogens with one attached hydrogen (secondary N) is 2. The highest BCUT2D eigenvalue weighted by atomic mass is 16.2. The lowest BCUT2D eigenvalue weighted by Gasteiger charge is -2.35. The zero-order valence-corrected chi connectivity index (χ0v) is 8.75. The van der Waals surface area contributed by atoms with Gasteiger partial charge in [-0.3, -0.25) is 4.79 Å². The molecule has 0 bridgehead atoms. The van der Waals surface area contributed by atoms with E-state index in [0.717, 1.165) is 39.0 Å². The number of rotatable bonds is 1. The van der Waals surface area contributed by atoms with Crippen LogP contribution in [0.1, 0.15) is 19.8 Å². The van der Waals surface area contributed by atoms with Crippen LogP contribution in [-0.2, 0) is 4.79 Å². The van der Waals surface area contributed by atoms with E-state index >= 15 is 0 Å². The molecule has 1 amide bonds. The summed E-state index contributed by atoms with van der Waals surface area (Å²) >= 11 is 0. The van der Waals surface area contributed by atoms with Gasteiger partial charge in [-0.1, -0.05) is 0 Å². The molecule has 4 heteroatoms. The first-order chi connectivity index (χ1) is 6.79. The van der Waals surface area contributed by atoms with E-state index in [1.54, 1.807) is 0 Å². The summed E-state index contributed by atoms with van der Waals surface area (Å²) in [5.74, 6) is 0.302. The first kappa shape index (κ1) is 9.93. The van der Waals surface area contributed by atoms with Gasteiger partial charge in [0.15, 0.2) is 0 Å². The zero-order chi connectivity index (χ0) is 9.97. The Morgan fingerprint density at radius 2 is 2.29 bits per heavy atom. The van der Waals surface area contributed by atoms with Gasteiger partial charge in [-0.05, 0) is 26.3 Å². The molecule has 0 radical (unpaired) electrons. The van der Waals surface area contributed by atoms with Gasteiger partial charge < -0.3 is 15.5 Å². The van der Waals surface area contributed by atoms with Crippen LogP contribution in [0, 0.1) is 0 Å². The fourth-order valence-electron chi connectivity index (χ4n) is 2.26. The molecule has 0 aromatic rings. The van der Waals surface area contributed by atoms with Crippen molar-refractivity contribution in [3.8, 4) is 0 Å². The van der Waals surface area contributed by atoms with Crippen molar-refractivity contribution in [2.45, 2.75) is 31.8 Å². The molecule has 0 aromatic heterocycles. The monoisotopic (exact) mass is 197 g/mol. The van der Waals surface area contributed by atoms with E-state index < -0.39 is 0 Å². The van der Waals surface area contributed by atoms with Crippen LogP contribution in [0.2, 0.25) is 0 Å². The van der Waals surface area contributed by atoms with Crippen LogP contribution in [0.5, 0.6) is 0 Å². The molecule has 2 aliphatic heterocycles. The lowest BCUT2D eigenvalue weighted by Crippen LogP contribution is -2.56. The first-order valence-electron chi connectivity index (χ1n) is 5.53. The largest absolute Gasteiger partial charge is 0.336 e.